The quantitative estimate of drug-likeness (QED) is 0.494. The van der Waals surface area contributed by atoms with Crippen LogP contribution in [-0.2, 0) is 11.3 Å². The van der Waals surface area contributed by atoms with Crippen molar-refractivity contribution in [3.63, 3.8) is 0 Å². The molecule has 0 aliphatic carbocycles. The van der Waals surface area contributed by atoms with E-state index in [1.165, 1.54) is 0 Å². The number of rotatable bonds is 9. The van der Waals surface area contributed by atoms with Gasteiger partial charge in [0.15, 0.2) is 5.96 Å². The summed E-state index contributed by atoms with van der Waals surface area (Å²) in [6.45, 7) is 7.49. The zero-order valence-corrected chi connectivity index (χ0v) is 17.7. The van der Waals surface area contributed by atoms with Crippen molar-refractivity contribution in [1.82, 2.24) is 20.4 Å². The fraction of sp³-hybridized carbons (Fsp3) is 0.619. The first-order chi connectivity index (χ1) is 13.5. The summed E-state index contributed by atoms with van der Waals surface area (Å²) < 4.78 is 5.48. The fourth-order valence-electron chi connectivity index (χ4n) is 3.14. The molecule has 2 N–H and O–H groups in total. The molecule has 1 atom stereocenters. The molecule has 7 heteroatoms. The van der Waals surface area contributed by atoms with Gasteiger partial charge in [-0.1, -0.05) is 12.1 Å². The molecule has 7 nitrogen and oxygen atoms in total. The molecule has 0 radical (unpaired) electrons. The number of hydrogen-bond acceptors (Lipinski definition) is 4. The van der Waals surface area contributed by atoms with Crippen LogP contribution < -0.4 is 10.6 Å². The van der Waals surface area contributed by atoms with Gasteiger partial charge in [-0.2, -0.15) is 0 Å². The molecule has 0 saturated carbocycles. The average Bonchev–Trinajstić information content (AvgIpc) is 3.18. The minimum atomic E-state index is -0.0436. The third kappa shape index (κ3) is 7.48. The molecule has 1 aromatic carbocycles. The highest BCUT2D eigenvalue weighted by atomic mass is 16.5. The van der Waals surface area contributed by atoms with Gasteiger partial charge in [-0.25, -0.2) is 4.99 Å². The third-order valence-corrected chi connectivity index (χ3v) is 4.70. The lowest BCUT2D eigenvalue weighted by molar-refractivity contribution is 0.0951. The van der Waals surface area contributed by atoms with E-state index in [0.717, 1.165) is 50.8 Å². The highest BCUT2D eigenvalue weighted by Gasteiger charge is 2.19. The number of aliphatic imine (C=N–C) groups is 1. The fourth-order valence-corrected chi connectivity index (χ4v) is 3.14. The van der Waals surface area contributed by atoms with Crippen LogP contribution in [0, 0.1) is 5.92 Å². The van der Waals surface area contributed by atoms with Gasteiger partial charge < -0.3 is 25.2 Å². The Morgan fingerprint density at radius 2 is 2.11 bits per heavy atom. The Hall–Kier alpha value is -2.12. The molecule has 156 valence electrons. The highest BCUT2D eigenvalue weighted by Crippen LogP contribution is 2.13. The monoisotopic (exact) mass is 389 g/mol. The van der Waals surface area contributed by atoms with Crippen molar-refractivity contribution < 1.29 is 9.53 Å². The van der Waals surface area contributed by atoms with Crippen LogP contribution in [-0.4, -0.2) is 82.2 Å². The van der Waals surface area contributed by atoms with Gasteiger partial charge in [0.25, 0.3) is 5.91 Å². The number of nitrogens with zero attached hydrogens (tertiary/aromatic N) is 3. The van der Waals surface area contributed by atoms with Crippen LogP contribution in [0.15, 0.2) is 29.3 Å². The van der Waals surface area contributed by atoms with Crippen molar-refractivity contribution in [3.05, 3.63) is 35.4 Å². The predicted molar refractivity (Wildman–Crippen MR) is 114 cm³/mol. The topological polar surface area (TPSA) is 69.2 Å². The first-order valence-electron chi connectivity index (χ1n) is 10.1. The van der Waals surface area contributed by atoms with Crippen LogP contribution in [0.1, 0.15) is 29.3 Å². The Morgan fingerprint density at radius 3 is 2.79 bits per heavy atom. The number of carbonyl (C=O) groups is 1. The molecule has 1 aromatic rings. The lowest BCUT2D eigenvalue weighted by Crippen LogP contribution is -2.41. The number of nitrogens with one attached hydrogen (secondary N) is 2. The number of hydrogen-bond donors (Lipinski definition) is 2. The molecule has 1 amide bonds. The Kier molecular flexibility index (Phi) is 9.23. The number of ether oxygens (including phenoxy) is 1. The van der Waals surface area contributed by atoms with Gasteiger partial charge in [0.2, 0.25) is 0 Å². The summed E-state index contributed by atoms with van der Waals surface area (Å²) in [6, 6.07) is 7.69. The molecule has 1 aliphatic heterocycles. The minimum Gasteiger partial charge on any atom is -0.381 e. The van der Waals surface area contributed by atoms with Crippen LogP contribution >= 0.6 is 0 Å². The predicted octanol–water partition coefficient (Wildman–Crippen LogP) is 1.41. The van der Waals surface area contributed by atoms with E-state index in [9.17, 15) is 4.79 Å². The van der Waals surface area contributed by atoms with Gasteiger partial charge in [0, 0.05) is 51.3 Å². The molecular formula is C21H35N5O2. The van der Waals surface area contributed by atoms with E-state index in [1.54, 1.807) is 0 Å². The van der Waals surface area contributed by atoms with Crippen molar-refractivity contribution in [2.75, 3.05) is 60.5 Å². The Labute approximate surface area is 169 Å². The molecule has 1 fully saturated rings. The van der Waals surface area contributed by atoms with E-state index >= 15 is 0 Å². The summed E-state index contributed by atoms with van der Waals surface area (Å²) in [4.78, 5) is 21.3. The Bertz CT molecular complexity index is 641. The second-order valence-electron chi connectivity index (χ2n) is 7.54. The van der Waals surface area contributed by atoms with Crippen molar-refractivity contribution in [1.29, 1.82) is 0 Å². The zero-order chi connectivity index (χ0) is 20.4. The van der Waals surface area contributed by atoms with Gasteiger partial charge in [-0.3, -0.25) is 4.79 Å². The van der Waals surface area contributed by atoms with Gasteiger partial charge in [0.1, 0.15) is 0 Å². The van der Waals surface area contributed by atoms with Crippen molar-refractivity contribution >= 4 is 11.9 Å². The second-order valence-corrected chi connectivity index (χ2v) is 7.54. The lowest BCUT2D eigenvalue weighted by Gasteiger charge is -2.24. The van der Waals surface area contributed by atoms with Crippen LogP contribution in [0.25, 0.3) is 0 Å². The molecule has 0 aromatic heterocycles. The Morgan fingerprint density at radius 1 is 1.29 bits per heavy atom. The first kappa shape index (κ1) is 22.2. The van der Waals surface area contributed by atoms with Crippen LogP contribution in [0.3, 0.4) is 0 Å². The molecule has 1 heterocycles. The maximum absolute atomic E-state index is 12.3. The first-order valence-corrected chi connectivity index (χ1v) is 10.1. The maximum atomic E-state index is 12.3. The van der Waals surface area contributed by atoms with Gasteiger partial charge >= 0.3 is 0 Å². The van der Waals surface area contributed by atoms with Gasteiger partial charge in [0.05, 0.1) is 13.2 Å². The molecule has 1 aliphatic rings. The van der Waals surface area contributed by atoms with Crippen LogP contribution in [0.5, 0.6) is 0 Å². The zero-order valence-electron chi connectivity index (χ0n) is 17.7. The standard InChI is InChI=1S/C21H35N5O2/c1-5-22-21(26(4)15-18-9-12-28-16-18)24-14-17-7-6-8-19(13-17)20(27)23-10-11-25(2)3/h6-8,13,18H,5,9-12,14-16H2,1-4H3,(H,22,24)(H,23,27). The average molecular weight is 390 g/mol. The number of amides is 1. The summed E-state index contributed by atoms with van der Waals surface area (Å²) in [5, 5.41) is 6.31. The number of guanidine groups is 1. The van der Waals surface area contributed by atoms with E-state index in [1.807, 2.05) is 43.3 Å². The summed E-state index contributed by atoms with van der Waals surface area (Å²) >= 11 is 0. The van der Waals surface area contributed by atoms with Crippen molar-refractivity contribution in [2.45, 2.75) is 19.9 Å². The summed E-state index contributed by atoms with van der Waals surface area (Å²) in [5.74, 6) is 1.40. The molecule has 0 bridgehead atoms. The van der Waals surface area contributed by atoms with Crippen LogP contribution in [0.4, 0.5) is 0 Å². The smallest absolute Gasteiger partial charge is 0.251 e. The number of carbonyl (C=O) groups excluding carboxylic acids is 1. The van der Waals surface area contributed by atoms with E-state index < -0.39 is 0 Å². The number of benzene rings is 1. The Balaban J connectivity index is 1.96. The molecule has 2 rings (SSSR count). The van der Waals surface area contributed by atoms with E-state index in [-0.39, 0.29) is 5.91 Å². The molecular weight excluding hydrogens is 354 g/mol. The highest BCUT2D eigenvalue weighted by molar-refractivity contribution is 5.94. The van der Waals surface area contributed by atoms with Gasteiger partial charge in [-0.05, 0) is 45.1 Å². The molecule has 1 unspecified atom stereocenters. The second kappa shape index (κ2) is 11.7. The molecule has 28 heavy (non-hydrogen) atoms. The van der Waals surface area contributed by atoms with E-state index in [2.05, 4.69) is 29.5 Å². The van der Waals surface area contributed by atoms with Gasteiger partial charge in [-0.15, -0.1) is 0 Å². The normalized spacial score (nSPS) is 17.0. The summed E-state index contributed by atoms with van der Waals surface area (Å²) in [6.07, 6.45) is 1.11. The van der Waals surface area contributed by atoms with Crippen molar-refractivity contribution in [2.24, 2.45) is 10.9 Å². The summed E-state index contributed by atoms with van der Waals surface area (Å²) in [7, 11) is 6.04. The lowest BCUT2D eigenvalue weighted by atomic mass is 10.1. The summed E-state index contributed by atoms with van der Waals surface area (Å²) in [5.41, 5.74) is 1.70. The maximum Gasteiger partial charge on any atom is 0.251 e. The largest absolute Gasteiger partial charge is 0.381 e. The molecule has 0 spiro atoms. The minimum absolute atomic E-state index is 0.0436. The number of likely N-dealkylation sites (N-methyl/N-ethyl adjacent to an activating group) is 1. The SMILES string of the molecule is CCNC(=NCc1cccc(C(=O)NCCN(C)C)c1)N(C)CC1CCOC1. The van der Waals surface area contributed by atoms with Crippen molar-refractivity contribution in [3.8, 4) is 0 Å². The third-order valence-electron chi connectivity index (χ3n) is 4.70. The van der Waals surface area contributed by atoms with E-state index in [0.29, 0.717) is 24.6 Å². The van der Waals surface area contributed by atoms with Crippen LogP contribution in [0.2, 0.25) is 0 Å². The van der Waals surface area contributed by atoms with E-state index in [4.69, 9.17) is 9.73 Å². The molecule has 1 saturated heterocycles.